The van der Waals surface area contributed by atoms with Gasteiger partial charge in [0.05, 0.1) is 38.3 Å². The van der Waals surface area contributed by atoms with E-state index in [1.807, 2.05) is 32.1 Å². The van der Waals surface area contributed by atoms with Crippen LogP contribution in [0.5, 0.6) is 0 Å². The van der Waals surface area contributed by atoms with Gasteiger partial charge in [-0.15, -0.1) is 0 Å². The second-order valence-corrected chi connectivity index (χ2v) is 15.6. The first-order valence-corrected chi connectivity index (χ1v) is 18.4. The number of nitrogens with zero attached hydrogens (tertiary/aromatic N) is 4. The Morgan fingerprint density at radius 2 is 1.28 bits per heavy atom. The summed E-state index contributed by atoms with van der Waals surface area (Å²) in [6.45, 7) is 7.35. The number of likely N-dealkylation sites (tertiary alicyclic amines) is 1. The van der Waals surface area contributed by atoms with Gasteiger partial charge < -0.3 is 15.1 Å². The topological polar surface area (TPSA) is 201 Å². The molecule has 6 unspecified atom stereocenters. The van der Waals surface area contributed by atoms with Crippen LogP contribution in [0.3, 0.4) is 0 Å². The van der Waals surface area contributed by atoms with Crippen LogP contribution in [0.2, 0.25) is 0 Å². The molecule has 294 valence electrons. The van der Waals surface area contributed by atoms with E-state index in [9.17, 15) is 49.6 Å². The molecule has 2 heterocycles. The first-order valence-electron chi connectivity index (χ1n) is 18.4. The van der Waals surface area contributed by atoms with Crippen molar-refractivity contribution in [3.63, 3.8) is 0 Å². The normalized spacial score (nSPS) is 26.9. The van der Waals surface area contributed by atoms with Crippen LogP contribution in [0, 0.1) is 42.9 Å². The van der Waals surface area contributed by atoms with E-state index in [0.717, 1.165) is 11.1 Å². The minimum absolute atomic E-state index is 0.0676. The van der Waals surface area contributed by atoms with Crippen molar-refractivity contribution in [1.29, 1.82) is 0 Å². The predicted molar refractivity (Wildman–Crippen MR) is 208 cm³/mol. The number of hydrogen-bond acceptors (Lipinski definition) is 9. The molecule has 14 nitrogen and oxygen atoms in total. The summed E-state index contributed by atoms with van der Waals surface area (Å²) < 4.78 is 2.07. The number of benzene rings is 2. The summed E-state index contributed by atoms with van der Waals surface area (Å²) >= 11 is 0. The van der Waals surface area contributed by atoms with E-state index in [2.05, 4.69) is 9.48 Å². The second kappa shape index (κ2) is 15.5. The number of allylic oxidation sites excluding steroid dienone is 6. The molecule has 0 saturated carbocycles. The molecule has 2 N–H and O–H groups in total. The first-order chi connectivity index (χ1) is 26.9. The number of ketones is 2. The largest absolute Gasteiger partial charge is 0.478 e. The van der Waals surface area contributed by atoms with Gasteiger partial charge in [0.1, 0.15) is 11.6 Å². The average molecular weight is 776 g/mol. The third-order valence-electron chi connectivity index (χ3n) is 11.6. The maximum atomic E-state index is 12.9. The third-order valence-corrected chi connectivity index (χ3v) is 11.6. The van der Waals surface area contributed by atoms with Gasteiger partial charge in [-0.3, -0.25) is 29.8 Å². The van der Waals surface area contributed by atoms with Gasteiger partial charge in [-0.2, -0.15) is 0 Å². The first kappa shape index (κ1) is 40.1. The van der Waals surface area contributed by atoms with Crippen molar-refractivity contribution in [3.05, 3.63) is 163 Å². The van der Waals surface area contributed by atoms with E-state index in [1.54, 1.807) is 48.6 Å². The van der Waals surface area contributed by atoms with Crippen molar-refractivity contribution in [2.75, 3.05) is 0 Å². The fraction of sp³-hybridized carbons (Fsp3) is 0.326. The quantitative estimate of drug-likeness (QED) is 0.122. The zero-order valence-electron chi connectivity index (χ0n) is 31.9. The van der Waals surface area contributed by atoms with Crippen LogP contribution in [-0.4, -0.2) is 70.8 Å². The molecule has 0 spiro atoms. The average Bonchev–Trinajstić information content (AvgIpc) is 3.50. The lowest BCUT2D eigenvalue weighted by Crippen LogP contribution is -2.36. The molecule has 2 aromatic rings. The molecule has 1 fully saturated rings. The Bertz CT molecular complexity index is 2280. The van der Waals surface area contributed by atoms with Gasteiger partial charge in [0.2, 0.25) is 0 Å². The number of nitro groups is 2. The number of aromatic carboxylic acids is 2. The summed E-state index contributed by atoms with van der Waals surface area (Å²) in [5, 5.41) is 42.9. The summed E-state index contributed by atoms with van der Waals surface area (Å²) in [6, 6.07) is 12.1. The van der Waals surface area contributed by atoms with Gasteiger partial charge in [0, 0.05) is 66.3 Å². The Balaban J connectivity index is 1.51. The zero-order chi connectivity index (χ0) is 41.4. The van der Waals surface area contributed by atoms with Crippen LogP contribution in [0.4, 0.5) is 0 Å². The van der Waals surface area contributed by atoms with E-state index in [4.69, 9.17) is 0 Å². The lowest BCUT2D eigenvalue weighted by molar-refractivity contribution is -0.566. The van der Waals surface area contributed by atoms with E-state index in [0.29, 0.717) is 24.5 Å². The lowest BCUT2D eigenvalue weighted by Gasteiger charge is -2.31. The predicted octanol–water partition coefficient (Wildman–Crippen LogP) is 6.41. The zero-order valence-corrected chi connectivity index (χ0v) is 31.9. The molecule has 2 aromatic carbocycles. The molecule has 4 aliphatic rings. The molecule has 6 atom stereocenters. The number of fused-ring (bicyclic) bond motifs is 2. The molecule has 2 aliphatic heterocycles. The minimum Gasteiger partial charge on any atom is -0.478 e. The molecular formula is C43H43N4O10+. The van der Waals surface area contributed by atoms with Crippen LogP contribution in [0.1, 0.15) is 72.4 Å². The van der Waals surface area contributed by atoms with Crippen molar-refractivity contribution in [2.24, 2.45) is 22.7 Å². The lowest BCUT2D eigenvalue weighted by atomic mass is 9.68. The van der Waals surface area contributed by atoms with E-state index in [-0.39, 0.29) is 59.0 Å². The standard InChI is InChI=1S/C43H42N4O10/c1-26(48)22-42(3)34-20-32(46(54)55)16-18-36(34)44(24-28-8-12-30(13-9-28)40(50)51)38(42)6-5-7-39-43(4,23-27(2)49)35-21-33(47(56)57)17-19-37(35)45(39)25-29-10-14-31(15-11-29)41(52)53/h5-21,34-37H,22-25H2,1-4H3,(H-,50,51,52,53)/p+1. The molecule has 0 bridgehead atoms. The SMILES string of the molecule is CC(=O)CC1(C)C(/C=C/C=C2\N(Cc3ccc(C(=O)O)cc3)C3C=CC([N+](=O)[O-])=CC3C2(C)CC(C)=O)=[N+](Cc2ccc(C(=O)O)cc2)C2C=CC([N+](=O)[O-])=CC21. The summed E-state index contributed by atoms with van der Waals surface area (Å²) in [4.78, 5) is 74.2. The fourth-order valence-corrected chi connectivity index (χ4v) is 9.12. The van der Waals surface area contributed by atoms with Crippen LogP contribution in [-0.2, 0) is 22.7 Å². The highest BCUT2D eigenvalue weighted by atomic mass is 16.6. The number of carbonyl (C=O) groups excluding carboxylic acids is 2. The smallest absolute Gasteiger partial charge is 0.335 e. The highest BCUT2D eigenvalue weighted by molar-refractivity contribution is 6.00. The maximum absolute atomic E-state index is 12.9. The number of carboxylic acid groups (broad SMARTS) is 2. The molecular weight excluding hydrogens is 732 g/mol. The molecule has 0 amide bonds. The van der Waals surface area contributed by atoms with Gasteiger partial charge in [-0.25, -0.2) is 14.2 Å². The Morgan fingerprint density at radius 1 is 0.772 bits per heavy atom. The Morgan fingerprint density at radius 3 is 1.81 bits per heavy atom. The number of Topliss-reactive ketones (excluding diaryl/α,β-unsaturated/α-hetero) is 2. The Hall–Kier alpha value is -6.57. The van der Waals surface area contributed by atoms with Crippen LogP contribution in [0.15, 0.2) is 120 Å². The number of carboxylic acids is 2. The summed E-state index contributed by atoms with van der Waals surface area (Å²) in [5.74, 6) is -3.32. The highest BCUT2D eigenvalue weighted by Crippen LogP contribution is 2.54. The van der Waals surface area contributed by atoms with Crippen LogP contribution in [0.25, 0.3) is 0 Å². The molecule has 1 saturated heterocycles. The van der Waals surface area contributed by atoms with Crippen molar-refractivity contribution in [3.8, 4) is 0 Å². The van der Waals surface area contributed by atoms with Crippen molar-refractivity contribution < 1.29 is 43.8 Å². The molecule has 0 aromatic heterocycles. The Labute approximate surface area is 328 Å². The van der Waals surface area contributed by atoms with Gasteiger partial charge in [0.25, 0.3) is 11.4 Å². The maximum Gasteiger partial charge on any atom is 0.335 e. The fourth-order valence-electron chi connectivity index (χ4n) is 9.12. The van der Waals surface area contributed by atoms with Gasteiger partial charge in [-0.1, -0.05) is 43.3 Å². The molecule has 6 rings (SSSR count). The number of hydrogen-bond donors (Lipinski definition) is 2. The van der Waals surface area contributed by atoms with Crippen LogP contribution >= 0.6 is 0 Å². The minimum atomic E-state index is -1.07. The van der Waals surface area contributed by atoms with Gasteiger partial charge >= 0.3 is 11.9 Å². The number of rotatable bonds is 14. The molecule has 0 radical (unpaired) electrons. The summed E-state index contributed by atoms with van der Waals surface area (Å²) in [6.07, 6.45) is 15.3. The highest BCUT2D eigenvalue weighted by Gasteiger charge is 2.57. The van der Waals surface area contributed by atoms with Gasteiger partial charge in [-0.05, 0) is 68.8 Å². The number of carbonyl (C=O) groups is 4. The Kier molecular flexibility index (Phi) is 10.9. The van der Waals surface area contributed by atoms with Crippen molar-refractivity contribution in [2.45, 2.75) is 65.7 Å². The van der Waals surface area contributed by atoms with Gasteiger partial charge in [0.15, 0.2) is 18.3 Å². The molecule has 2 aliphatic carbocycles. The summed E-state index contributed by atoms with van der Waals surface area (Å²) in [7, 11) is 0. The van der Waals surface area contributed by atoms with Crippen molar-refractivity contribution >= 4 is 29.2 Å². The van der Waals surface area contributed by atoms with Crippen molar-refractivity contribution in [1.82, 2.24) is 4.90 Å². The molecule has 14 heteroatoms. The van der Waals surface area contributed by atoms with E-state index >= 15 is 0 Å². The van der Waals surface area contributed by atoms with E-state index in [1.165, 1.54) is 50.3 Å². The second-order valence-electron chi connectivity index (χ2n) is 15.6. The van der Waals surface area contributed by atoms with E-state index < -0.39 is 44.5 Å². The molecule has 57 heavy (non-hydrogen) atoms. The summed E-state index contributed by atoms with van der Waals surface area (Å²) in [5.41, 5.74) is 1.23. The monoisotopic (exact) mass is 775 g/mol. The third kappa shape index (κ3) is 7.80. The van der Waals surface area contributed by atoms with Crippen LogP contribution < -0.4 is 0 Å².